The molecule has 0 N–H and O–H groups in total. The molecule has 0 aliphatic heterocycles. The van der Waals surface area contributed by atoms with Crippen LogP contribution in [0.3, 0.4) is 0 Å². The molecule has 160 valence electrons. The van der Waals surface area contributed by atoms with Crippen molar-refractivity contribution in [3.63, 3.8) is 0 Å². The summed E-state index contributed by atoms with van der Waals surface area (Å²) in [6.07, 6.45) is 0. The van der Waals surface area contributed by atoms with Gasteiger partial charge in [-0.15, -0.1) is 0 Å². The first-order valence-electron chi connectivity index (χ1n) is 10.8. The lowest BCUT2D eigenvalue weighted by Crippen LogP contribution is -2.41. The molecule has 0 saturated carbocycles. The molecule has 0 unspecified atom stereocenters. The SMILES string of the molecule is Cc1ccc2c(c1)c1c(c(=O)n(Cc3ccccc3)c(=O)n1Cc1ccccc1C)n2C. The van der Waals surface area contributed by atoms with Crippen LogP contribution in [-0.4, -0.2) is 13.7 Å². The first kappa shape index (κ1) is 20.1. The summed E-state index contributed by atoms with van der Waals surface area (Å²) in [5, 5.41) is 0.928. The minimum atomic E-state index is -0.288. The Bertz CT molecular complexity index is 1590. The molecule has 2 heterocycles. The minimum Gasteiger partial charge on any atom is -0.338 e. The fourth-order valence-corrected chi connectivity index (χ4v) is 4.52. The van der Waals surface area contributed by atoms with E-state index in [4.69, 9.17) is 0 Å². The highest BCUT2D eigenvalue weighted by atomic mass is 16.2. The molecule has 0 bridgehead atoms. The molecule has 0 spiro atoms. The maximum Gasteiger partial charge on any atom is 0.332 e. The Morgan fingerprint density at radius 1 is 0.750 bits per heavy atom. The van der Waals surface area contributed by atoms with E-state index in [1.165, 1.54) is 4.57 Å². The van der Waals surface area contributed by atoms with E-state index in [1.807, 2.05) is 92.2 Å². The molecule has 5 nitrogen and oxygen atoms in total. The molecular weight excluding hydrogens is 398 g/mol. The van der Waals surface area contributed by atoms with Gasteiger partial charge in [-0.1, -0.05) is 66.2 Å². The van der Waals surface area contributed by atoms with Crippen LogP contribution in [0.1, 0.15) is 22.3 Å². The second-order valence-electron chi connectivity index (χ2n) is 8.45. The van der Waals surface area contributed by atoms with Gasteiger partial charge in [0.05, 0.1) is 24.1 Å². The normalized spacial score (nSPS) is 11.5. The smallest absolute Gasteiger partial charge is 0.332 e. The monoisotopic (exact) mass is 423 g/mol. The van der Waals surface area contributed by atoms with E-state index in [2.05, 4.69) is 6.07 Å². The number of aromatic nitrogens is 3. The Hall–Kier alpha value is -3.86. The van der Waals surface area contributed by atoms with Crippen LogP contribution in [0.2, 0.25) is 0 Å². The van der Waals surface area contributed by atoms with E-state index < -0.39 is 0 Å². The molecule has 5 rings (SSSR count). The van der Waals surface area contributed by atoms with Crippen molar-refractivity contribution in [2.24, 2.45) is 7.05 Å². The number of fused-ring (bicyclic) bond motifs is 3. The fourth-order valence-electron chi connectivity index (χ4n) is 4.52. The van der Waals surface area contributed by atoms with E-state index in [0.29, 0.717) is 17.6 Å². The number of aryl methyl sites for hydroxylation is 3. The molecule has 0 saturated heterocycles. The third-order valence-corrected chi connectivity index (χ3v) is 6.28. The van der Waals surface area contributed by atoms with Gasteiger partial charge >= 0.3 is 5.69 Å². The molecule has 0 fully saturated rings. The molecule has 0 aliphatic carbocycles. The molecule has 0 aliphatic rings. The lowest BCUT2D eigenvalue weighted by molar-refractivity contribution is 0.632. The number of benzene rings is 3. The molecule has 0 atom stereocenters. The summed E-state index contributed by atoms with van der Waals surface area (Å²) in [7, 11) is 1.90. The third-order valence-electron chi connectivity index (χ3n) is 6.28. The summed E-state index contributed by atoms with van der Waals surface area (Å²) in [5.41, 5.74) is 5.84. The zero-order valence-electron chi connectivity index (χ0n) is 18.5. The van der Waals surface area contributed by atoms with Crippen LogP contribution in [0, 0.1) is 13.8 Å². The van der Waals surface area contributed by atoms with Gasteiger partial charge in [-0.05, 0) is 42.7 Å². The first-order chi connectivity index (χ1) is 15.5. The largest absolute Gasteiger partial charge is 0.338 e. The Morgan fingerprint density at radius 2 is 1.47 bits per heavy atom. The van der Waals surface area contributed by atoms with Crippen molar-refractivity contribution in [2.45, 2.75) is 26.9 Å². The molecule has 3 aromatic carbocycles. The van der Waals surface area contributed by atoms with Crippen molar-refractivity contribution in [3.05, 3.63) is 116 Å². The van der Waals surface area contributed by atoms with E-state index in [-0.39, 0.29) is 17.8 Å². The van der Waals surface area contributed by atoms with Crippen LogP contribution in [0.25, 0.3) is 21.9 Å². The van der Waals surface area contributed by atoms with E-state index in [1.54, 1.807) is 4.57 Å². The average molecular weight is 424 g/mol. The van der Waals surface area contributed by atoms with Crippen molar-refractivity contribution >= 4 is 21.9 Å². The van der Waals surface area contributed by atoms with Crippen molar-refractivity contribution in [1.82, 2.24) is 13.7 Å². The number of hydrogen-bond acceptors (Lipinski definition) is 2. The summed E-state index contributed by atoms with van der Waals surface area (Å²) in [6, 6.07) is 23.8. The second-order valence-corrected chi connectivity index (χ2v) is 8.45. The lowest BCUT2D eigenvalue weighted by atomic mass is 10.1. The Kier molecular flexibility index (Phi) is 4.82. The standard InChI is InChI=1S/C27H25N3O2/c1-18-13-14-23-22(15-18)24-25(28(23)3)26(31)30(16-20-10-5-4-6-11-20)27(32)29(24)17-21-12-8-7-9-19(21)2/h4-15H,16-17H2,1-3H3. The predicted molar refractivity (Wildman–Crippen MR) is 130 cm³/mol. The Labute approximate surface area is 185 Å². The van der Waals surface area contributed by atoms with E-state index in [0.717, 1.165) is 33.2 Å². The average Bonchev–Trinajstić information content (AvgIpc) is 3.08. The van der Waals surface area contributed by atoms with Gasteiger partial charge in [-0.25, -0.2) is 4.79 Å². The van der Waals surface area contributed by atoms with E-state index in [9.17, 15) is 9.59 Å². The van der Waals surface area contributed by atoms with Crippen molar-refractivity contribution in [2.75, 3.05) is 0 Å². The van der Waals surface area contributed by atoms with Gasteiger partial charge < -0.3 is 4.57 Å². The molecule has 5 aromatic rings. The highest BCUT2D eigenvalue weighted by Crippen LogP contribution is 2.27. The van der Waals surface area contributed by atoms with Crippen LogP contribution >= 0.6 is 0 Å². The van der Waals surface area contributed by atoms with Crippen LogP contribution in [-0.2, 0) is 20.1 Å². The van der Waals surface area contributed by atoms with Crippen molar-refractivity contribution < 1.29 is 0 Å². The quantitative estimate of drug-likeness (QED) is 0.431. The maximum absolute atomic E-state index is 13.8. The van der Waals surface area contributed by atoms with Gasteiger partial charge in [0.25, 0.3) is 5.56 Å². The second kappa shape index (κ2) is 7.68. The lowest BCUT2D eigenvalue weighted by Gasteiger charge is -2.14. The van der Waals surface area contributed by atoms with Gasteiger partial charge in [0.1, 0.15) is 5.52 Å². The molecule has 0 radical (unpaired) electrons. The van der Waals surface area contributed by atoms with Crippen LogP contribution < -0.4 is 11.2 Å². The summed E-state index contributed by atoms with van der Waals surface area (Å²) in [5.74, 6) is 0. The predicted octanol–water partition coefficient (Wildman–Crippen LogP) is 4.37. The van der Waals surface area contributed by atoms with Crippen molar-refractivity contribution in [1.29, 1.82) is 0 Å². The van der Waals surface area contributed by atoms with Gasteiger partial charge in [-0.3, -0.25) is 13.9 Å². The molecule has 0 amide bonds. The number of rotatable bonds is 4. The van der Waals surface area contributed by atoms with Gasteiger partial charge in [-0.2, -0.15) is 0 Å². The van der Waals surface area contributed by atoms with Gasteiger partial charge in [0.2, 0.25) is 0 Å². The minimum absolute atomic E-state index is 0.239. The number of hydrogen-bond donors (Lipinski definition) is 0. The summed E-state index contributed by atoms with van der Waals surface area (Å²) < 4.78 is 5.05. The highest BCUT2D eigenvalue weighted by molar-refractivity contribution is 6.06. The summed E-state index contributed by atoms with van der Waals surface area (Å²) >= 11 is 0. The van der Waals surface area contributed by atoms with Crippen LogP contribution in [0.4, 0.5) is 0 Å². The topological polar surface area (TPSA) is 48.9 Å². The molecule has 2 aromatic heterocycles. The maximum atomic E-state index is 13.8. The molecule has 5 heteroatoms. The van der Waals surface area contributed by atoms with Crippen molar-refractivity contribution in [3.8, 4) is 0 Å². The first-order valence-corrected chi connectivity index (χ1v) is 10.8. The molecule has 32 heavy (non-hydrogen) atoms. The Balaban J connectivity index is 1.88. The van der Waals surface area contributed by atoms with E-state index >= 15 is 0 Å². The zero-order valence-corrected chi connectivity index (χ0v) is 18.5. The fraction of sp³-hybridized carbons (Fsp3) is 0.185. The summed E-state index contributed by atoms with van der Waals surface area (Å²) in [6.45, 7) is 4.72. The molecular formula is C27H25N3O2. The third kappa shape index (κ3) is 3.17. The number of nitrogens with zero attached hydrogens (tertiary/aromatic N) is 3. The van der Waals surface area contributed by atoms with Crippen LogP contribution in [0.5, 0.6) is 0 Å². The van der Waals surface area contributed by atoms with Gasteiger partial charge in [0.15, 0.2) is 0 Å². The zero-order chi connectivity index (χ0) is 22.4. The summed E-state index contributed by atoms with van der Waals surface area (Å²) in [4.78, 5) is 27.4. The Morgan fingerprint density at radius 3 is 2.22 bits per heavy atom. The highest BCUT2D eigenvalue weighted by Gasteiger charge is 2.21. The van der Waals surface area contributed by atoms with Crippen LogP contribution in [0.15, 0.2) is 82.4 Å². The van der Waals surface area contributed by atoms with Gasteiger partial charge in [0, 0.05) is 12.4 Å².